The molecule has 1 aliphatic rings. The Bertz CT molecular complexity index is 1560. The first-order chi connectivity index (χ1) is 19.6. The maximum Gasteiger partial charge on any atom is 0.410 e. The lowest BCUT2D eigenvalue weighted by molar-refractivity contribution is 0.0126. The minimum absolute atomic E-state index is 0.00960. The number of ether oxygens (including phenoxy) is 2. The van der Waals surface area contributed by atoms with E-state index in [9.17, 15) is 14.4 Å². The summed E-state index contributed by atoms with van der Waals surface area (Å²) < 4.78 is 14.5. The third-order valence-electron chi connectivity index (χ3n) is 6.83. The molecule has 1 aliphatic heterocycles. The number of nitrogens with zero attached hydrogens (tertiary/aromatic N) is 2. The topological polar surface area (TPSA) is 102 Å². The van der Waals surface area contributed by atoms with Gasteiger partial charge in [-0.15, -0.1) is 11.3 Å². The Morgan fingerprint density at radius 3 is 2.32 bits per heavy atom. The Hall–Kier alpha value is -4.31. The molecule has 0 unspecified atom stereocenters. The van der Waals surface area contributed by atoms with E-state index in [4.69, 9.17) is 9.47 Å². The minimum Gasteiger partial charge on any atom is -0.490 e. The zero-order chi connectivity index (χ0) is 29.1. The van der Waals surface area contributed by atoms with Gasteiger partial charge in [-0.05, 0) is 74.7 Å². The van der Waals surface area contributed by atoms with E-state index in [1.165, 1.54) is 0 Å². The second-order valence-electron chi connectivity index (χ2n) is 11.0. The highest BCUT2D eigenvalue weighted by atomic mass is 32.1. The molecule has 2 aromatic carbocycles. The van der Waals surface area contributed by atoms with Gasteiger partial charge in [-0.2, -0.15) is 0 Å². The number of hydrogen-bond acceptors (Lipinski definition) is 6. The maximum atomic E-state index is 13.2. The molecule has 0 aliphatic carbocycles. The van der Waals surface area contributed by atoms with Crippen molar-refractivity contribution in [3.05, 3.63) is 77.3 Å². The fourth-order valence-corrected chi connectivity index (χ4v) is 5.58. The number of thiophene rings is 1. The number of aryl methyl sites for hydroxylation is 1. The number of para-hydroxylation sites is 1. The number of anilines is 2. The molecule has 9 nitrogen and oxygen atoms in total. The van der Waals surface area contributed by atoms with Gasteiger partial charge >= 0.3 is 6.09 Å². The monoisotopic (exact) mass is 574 g/mol. The number of benzene rings is 2. The number of amides is 3. The Labute approximate surface area is 243 Å². The first-order valence-corrected chi connectivity index (χ1v) is 14.4. The number of fused-ring (bicyclic) bond motifs is 1. The van der Waals surface area contributed by atoms with E-state index in [1.54, 1.807) is 52.6 Å². The van der Waals surface area contributed by atoms with E-state index in [0.29, 0.717) is 54.3 Å². The van der Waals surface area contributed by atoms with E-state index >= 15 is 0 Å². The first-order valence-electron chi connectivity index (χ1n) is 13.6. The molecule has 0 atom stereocenters. The van der Waals surface area contributed by atoms with Gasteiger partial charge in [0.25, 0.3) is 11.8 Å². The number of piperidine rings is 1. The molecule has 4 aromatic rings. The van der Waals surface area contributed by atoms with Crippen molar-refractivity contribution in [2.45, 2.75) is 45.3 Å². The lowest BCUT2D eigenvalue weighted by Gasteiger charge is -2.33. The second kappa shape index (κ2) is 11.7. The average Bonchev–Trinajstić information content (AvgIpc) is 3.52. The summed E-state index contributed by atoms with van der Waals surface area (Å²) in [4.78, 5) is 40.2. The standard InChI is InChI=1S/C31H34N4O5S/c1-31(2,3)40-30(38)35-16-13-22(14-17-35)39-21-11-9-20(10-12-21)32-28(36)23-7-5-6-8-24(23)33-29(37)26-19-27-25(34(26)4)15-18-41-27/h5-12,15,18-19,22H,13-14,16-17H2,1-4H3,(H,32,36)(H,33,37). The van der Waals surface area contributed by atoms with Crippen LogP contribution in [0.4, 0.5) is 16.2 Å². The molecule has 10 heteroatoms. The number of aromatic nitrogens is 1. The van der Waals surface area contributed by atoms with Crippen molar-refractivity contribution >= 4 is 50.8 Å². The molecule has 5 rings (SSSR count). The van der Waals surface area contributed by atoms with Crippen molar-refractivity contribution in [3.8, 4) is 5.75 Å². The quantitative estimate of drug-likeness (QED) is 0.273. The minimum atomic E-state index is -0.517. The van der Waals surface area contributed by atoms with Crippen LogP contribution in [0.2, 0.25) is 0 Å². The van der Waals surface area contributed by atoms with Crippen LogP contribution < -0.4 is 15.4 Å². The van der Waals surface area contributed by atoms with E-state index in [2.05, 4.69) is 10.6 Å². The summed E-state index contributed by atoms with van der Waals surface area (Å²) >= 11 is 1.58. The fourth-order valence-electron chi connectivity index (χ4n) is 4.73. The van der Waals surface area contributed by atoms with Crippen molar-refractivity contribution in [2.24, 2.45) is 7.05 Å². The third-order valence-corrected chi connectivity index (χ3v) is 7.68. The van der Waals surface area contributed by atoms with Gasteiger partial charge in [0.15, 0.2) is 0 Å². The highest BCUT2D eigenvalue weighted by Gasteiger charge is 2.27. The molecule has 41 heavy (non-hydrogen) atoms. The molecular formula is C31H34N4O5S. The van der Waals surface area contributed by atoms with Crippen LogP contribution in [0.1, 0.15) is 54.5 Å². The average molecular weight is 575 g/mol. The predicted octanol–water partition coefficient (Wildman–Crippen LogP) is 6.52. The summed E-state index contributed by atoms with van der Waals surface area (Å²) in [6.07, 6.45) is 1.11. The highest BCUT2D eigenvalue weighted by Crippen LogP contribution is 2.26. The van der Waals surface area contributed by atoms with Crippen LogP contribution in [-0.2, 0) is 11.8 Å². The van der Waals surface area contributed by atoms with Crippen molar-refractivity contribution in [1.29, 1.82) is 0 Å². The zero-order valence-electron chi connectivity index (χ0n) is 23.6. The molecule has 0 radical (unpaired) electrons. The lowest BCUT2D eigenvalue weighted by atomic mass is 10.1. The van der Waals surface area contributed by atoms with Gasteiger partial charge in [0.2, 0.25) is 0 Å². The highest BCUT2D eigenvalue weighted by molar-refractivity contribution is 7.17. The SMILES string of the molecule is Cn1c(C(=O)Nc2ccccc2C(=O)Nc2ccc(OC3CCN(C(=O)OC(C)(C)C)CC3)cc2)cc2sccc21. The van der Waals surface area contributed by atoms with Crippen LogP contribution in [-0.4, -0.2) is 52.2 Å². The molecule has 2 aromatic heterocycles. The summed E-state index contributed by atoms with van der Waals surface area (Å²) in [6.45, 7) is 6.73. The van der Waals surface area contributed by atoms with Crippen molar-refractivity contribution in [2.75, 3.05) is 23.7 Å². The fraction of sp³-hybridized carbons (Fsp3) is 0.323. The van der Waals surface area contributed by atoms with Gasteiger partial charge in [-0.1, -0.05) is 12.1 Å². The first kappa shape index (κ1) is 28.2. The van der Waals surface area contributed by atoms with Crippen LogP contribution in [0.15, 0.2) is 66.0 Å². The van der Waals surface area contributed by atoms with Crippen molar-refractivity contribution < 1.29 is 23.9 Å². The Kier molecular flexibility index (Phi) is 8.03. The largest absolute Gasteiger partial charge is 0.490 e. The van der Waals surface area contributed by atoms with Crippen LogP contribution >= 0.6 is 11.3 Å². The van der Waals surface area contributed by atoms with Gasteiger partial charge in [-0.3, -0.25) is 9.59 Å². The smallest absolute Gasteiger partial charge is 0.410 e. The Balaban J connectivity index is 1.16. The lowest BCUT2D eigenvalue weighted by Crippen LogP contribution is -2.44. The number of likely N-dealkylation sites (tertiary alicyclic amines) is 1. The molecule has 0 saturated carbocycles. The summed E-state index contributed by atoms with van der Waals surface area (Å²) in [7, 11) is 1.85. The Morgan fingerprint density at radius 1 is 0.927 bits per heavy atom. The number of rotatable bonds is 6. The number of nitrogens with one attached hydrogen (secondary N) is 2. The van der Waals surface area contributed by atoms with Gasteiger partial charge in [-0.25, -0.2) is 4.79 Å². The van der Waals surface area contributed by atoms with Crippen molar-refractivity contribution in [1.82, 2.24) is 9.47 Å². The zero-order valence-corrected chi connectivity index (χ0v) is 24.4. The van der Waals surface area contributed by atoms with Crippen LogP contribution in [0.25, 0.3) is 10.2 Å². The van der Waals surface area contributed by atoms with Gasteiger partial charge in [0.1, 0.15) is 23.1 Å². The Morgan fingerprint density at radius 2 is 1.63 bits per heavy atom. The molecule has 3 amide bonds. The normalized spacial score (nSPS) is 14.1. The van der Waals surface area contributed by atoms with Gasteiger partial charge in [0.05, 0.1) is 21.5 Å². The second-order valence-corrected chi connectivity index (χ2v) is 12.0. The summed E-state index contributed by atoms with van der Waals surface area (Å²) in [5, 5.41) is 7.78. The van der Waals surface area contributed by atoms with E-state index in [0.717, 1.165) is 10.2 Å². The van der Waals surface area contributed by atoms with Crippen LogP contribution in [0.5, 0.6) is 5.75 Å². The van der Waals surface area contributed by atoms with Crippen LogP contribution in [0, 0.1) is 0 Å². The summed E-state index contributed by atoms with van der Waals surface area (Å²) in [5.41, 5.74) is 2.38. The maximum absolute atomic E-state index is 13.2. The molecule has 214 valence electrons. The van der Waals surface area contributed by atoms with E-state index in [1.807, 2.05) is 62.0 Å². The predicted molar refractivity (Wildman–Crippen MR) is 161 cm³/mol. The number of carbonyl (C=O) groups excluding carboxylic acids is 3. The molecule has 1 saturated heterocycles. The molecule has 3 heterocycles. The van der Waals surface area contributed by atoms with Gasteiger partial charge < -0.3 is 29.6 Å². The molecular weight excluding hydrogens is 540 g/mol. The summed E-state index contributed by atoms with van der Waals surface area (Å²) in [6, 6.07) is 17.9. The molecule has 0 bridgehead atoms. The number of carbonyl (C=O) groups is 3. The molecule has 1 fully saturated rings. The van der Waals surface area contributed by atoms with Crippen LogP contribution in [0.3, 0.4) is 0 Å². The van der Waals surface area contributed by atoms with E-state index in [-0.39, 0.29) is 24.0 Å². The molecule has 2 N–H and O–H groups in total. The number of hydrogen-bond donors (Lipinski definition) is 2. The van der Waals surface area contributed by atoms with Crippen molar-refractivity contribution in [3.63, 3.8) is 0 Å². The van der Waals surface area contributed by atoms with Gasteiger partial charge in [0, 0.05) is 38.7 Å². The third kappa shape index (κ3) is 6.71. The molecule has 0 spiro atoms. The summed E-state index contributed by atoms with van der Waals surface area (Å²) in [5.74, 6) is 0.0698. The van der Waals surface area contributed by atoms with E-state index < -0.39 is 5.60 Å².